The highest BCUT2D eigenvalue weighted by Crippen LogP contribution is 2.21. The van der Waals surface area contributed by atoms with E-state index < -0.39 is 10.9 Å². The van der Waals surface area contributed by atoms with E-state index in [-0.39, 0.29) is 17.9 Å². The molecule has 0 saturated carbocycles. The summed E-state index contributed by atoms with van der Waals surface area (Å²) in [6.07, 6.45) is 4.65. The zero-order chi connectivity index (χ0) is 18.6. The SMILES string of the molecule is CCOC(=O)c1cc([N+](=O)[O-])cnc1/C=C/c1cc(C)c(C)cc1C. The van der Waals surface area contributed by atoms with Gasteiger partial charge in [0, 0.05) is 6.07 Å². The molecule has 2 rings (SSSR count). The minimum absolute atomic E-state index is 0.0776. The lowest BCUT2D eigenvalue weighted by Gasteiger charge is -2.07. The van der Waals surface area contributed by atoms with E-state index in [2.05, 4.69) is 17.1 Å². The molecule has 2 aromatic rings. The number of benzene rings is 1. The van der Waals surface area contributed by atoms with Gasteiger partial charge in [0.25, 0.3) is 5.69 Å². The van der Waals surface area contributed by atoms with Crippen LogP contribution in [-0.2, 0) is 4.74 Å². The molecule has 1 aromatic carbocycles. The van der Waals surface area contributed by atoms with Crippen LogP contribution < -0.4 is 0 Å². The van der Waals surface area contributed by atoms with Gasteiger partial charge in [0.1, 0.15) is 6.20 Å². The number of aromatic nitrogens is 1. The number of carbonyl (C=O) groups excluding carboxylic acids is 1. The highest BCUT2D eigenvalue weighted by molar-refractivity contribution is 5.94. The Balaban J connectivity index is 2.46. The van der Waals surface area contributed by atoms with Crippen molar-refractivity contribution >= 4 is 23.8 Å². The van der Waals surface area contributed by atoms with Crippen molar-refractivity contribution in [2.45, 2.75) is 27.7 Å². The van der Waals surface area contributed by atoms with Gasteiger partial charge < -0.3 is 4.74 Å². The maximum atomic E-state index is 12.1. The van der Waals surface area contributed by atoms with E-state index in [1.165, 1.54) is 11.6 Å². The van der Waals surface area contributed by atoms with Crippen molar-refractivity contribution in [1.82, 2.24) is 4.98 Å². The molecular formula is C19H20N2O4. The fourth-order valence-corrected chi connectivity index (χ4v) is 2.40. The summed E-state index contributed by atoms with van der Waals surface area (Å²) in [7, 11) is 0. The highest BCUT2D eigenvalue weighted by atomic mass is 16.6. The minimum Gasteiger partial charge on any atom is -0.462 e. The molecule has 1 aromatic heterocycles. The molecule has 0 radical (unpaired) electrons. The van der Waals surface area contributed by atoms with Crippen molar-refractivity contribution in [3.63, 3.8) is 0 Å². The van der Waals surface area contributed by atoms with Crippen LogP contribution in [0.3, 0.4) is 0 Å². The van der Waals surface area contributed by atoms with Gasteiger partial charge in [0.05, 0.1) is 22.8 Å². The molecular weight excluding hydrogens is 320 g/mol. The maximum Gasteiger partial charge on any atom is 0.340 e. The molecule has 0 amide bonds. The number of nitro groups is 1. The molecule has 0 aliphatic carbocycles. The molecule has 25 heavy (non-hydrogen) atoms. The van der Waals surface area contributed by atoms with Gasteiger partial charge in [0.15, 0.2) is 0 Å². The average Bonchev–Trinajstić information content (AvgIpc) is 2.57. The van der Waals surface area contributed by atoms with E-state index in [0.717, 1.165) is 22.9 Å². The molecule has 0 unspecified atom stereocenters. The normalized spacial score (nSPS) is 10.9. The predicted octanol–water partition coefficient (Wildman–Crippen LogP) is 4.26. The molecule has 0 spiro atoms. The lowest BCUT2D eigenvalue weighted by atomic mass is 10.00. The summed E-state index contributed by atoms with van der Waals surface area (Å²) in [4.78, 5) is 26.5. The summed E-state index contributed by atoms with van der Waals surface area (Å²) < 4.78 is 4.98. The molecule has 0 fully saturated rings. The summed E-state index contributed by atoms with van der Waals surface area (Å²) in [5, 5.41) is 10.9. The Bertz CT molecular complexity index is 857. The number of hydrogen-bond donors (Lipinski definition) is 0. The molecule has 1 heterocycles. The van der Waals surface area contributed by atoms with Gasteiger partial charge >= 0.3 is 5.97 Å². The van der Waals surface area contributed by atoms with Gasteiger partial charge in [-0.1, -0.05) is 18.2 Å². The van der Waals surface area contributed by atoms with E-state index in [0.29, 0.717) is 5.69 Å². The van der Waals surface area contributed by atoms with Crippen LogP contribution in [0.4, 0.5) is 5.69 Å². The Kier molecular flexibility index (Phi) is 5.64. The van der Waals surface area contributed by atoms with Crippen molar-refractivity contribution in [3.8, 4) is 0 Å². The lowest BCUT2D eigenvalue weighted by molar-refractivity contribution is -0.385. The van der Waals surface area contributed by atoms with E-state index in [4.69, 9.17) is 4.74 Å². The van der Waals surface area contributed by atoms with Crippen LogP contribution in [0.25, 0.3) is 12.2 Å². The number of esters is 1. The van der Waals surface area contributed by atoms with Gasteiger partial charge in [-0.2, -0.15) is 0 Å². The van der Waals surface area contributed by atoms with Gasteiger partial charge in [-0.3, -0.25) is 10.1 Å². The topological polar surface area (TPSA) is 82.3 Å². The summed E-state index contributed by atoms with van der Waals surface area (Å²) >= 11 is 0. The number of ether oxygens (including phenoxy) is 1. The van der Waals surface area contributed by atoms with Crippen molar-refractivity contribution < 1.29 is 14.5 Å². The van der Waals surface area contributed by atoms with E-state index in [9.17, 15) is 14.9 Å². The quantitative estimate of drug-likeness (QED) is 0.461. The maximum absolute atomic E-state index is 12.1. The predicted molar refractivity (Wildman–Crippen MR) is 96.4 cm³/mol. The molecule has 0 bridgehead atoms. The number of aryl methyl sites for hydroxylation is 3. The third kappa shape index (κ3) is 4.29. The summed E-state index contributed by atoms with van der Waals surface area (Å²) in [5.74, 6) is -0.629. The van der Waals surface area contributed by atoms with Crippen molar-refractivity contribution in [1.29, 1.82) is 0 Å². The van der Waals surface area contributed by atoms with Crippen molar-refractivity contribution in [2.75, 3.05) is 6.61 Å². The van der Waals surface area contributed by atoms with Crippen LogP contribution in [0.1, 0.15) is 45.2 Å². The largest absolute Gasteiger partial charge is 0.462 e. The minimum atomic E-state index is -0.629. The fraction of sp³-hybridized carbons (Fsp3) is 0.263. The number of rotatable bonds is 5. The Hall–Kier alpha value is -3.02. The fourth-order valence-electron chi connectivity index (χ4n) is 2.40. The molecule has 0 aliphatic rings. The van der Waals surface area contributed by atoms with Crippen LogP contribution in [0.15, 0.2) is 24.4 Å². The van der Waals surface area contributed by atoms with E-state index >= 15 is 0 Å². The highest BCUT2D eigenvalue weighted by Gasteiger charge is 2.17. The zero-order valence-corrected chi connectivity index (χ0v) is 14.7. The van der Waals surface area contributed by atoms with Gasteiger partial charge in [-0.15, -0.1) is 0 Å². The monoisotopic (exact) mass is 340 g/mol. The van der Waals surface area contributed by atoms with Gasteiger partial charge in [0.2, 0.25) is 0 Å². The van der Waals surface area contributed by atoms with Crippen LogP contribution >= 0.6 is 0 Å². The number of carbonyl (C=O) groups is 1. The molecule has 6 heteroatoms. The Morgan fingerprint density at radius 3 is 2.48 bits per heavy atom. The first-order chi connectivity index (χ1) is 11.8. The number of hydrogen-bond acceptors (Lipinski definition) is 5. The van der Waals surface area contributed by atoms with E-state index in [1.807, 2.05) is 26.8 Å². The van der Waals surface area contributed by atoms with Gasteiger partial charge in [-0.05, 0) is 56.0 Å². The lowest BCUT2D eigenvalue weighted by Crippen LogP contribution is -2.08. The molecule has 130 valence electrons. The third-order valence-corrected chi connectivity index (χ3v) is 3.91. The van der Waals surface area contributed by atoms with Crippen LogP contribution in [0.5, 0.6) is 0 Å². The first kappa shape index (κ1) is 18.3. The molecule has 6 nitrogen and oxygen atoms in total. The zero-order valence-electron chi connectivity index (χ0n) is 14.7. The number of pyridine rings is 1. The Morgan fingerprint density at radius 1 is 1.16 bits per heavy atom. The first-order valence-electron chi connectivity index (χ1n) is 7.91. The van der Waals surface area contributed by atoms with Crippen molar-refractivity contribution in [2.24, 2.45) is 0 Å². The smallest absolute Gasteiger partial charge is 0.340 e. The molecule has 0 aliphatic heterocycles. The second-order valence-electron chi connectivity index (χ2n) is 5.73. The van der Waals surface area contributed by atoms with Gasteiger partial charge in [-0.25, -0.2) is 9.78 Å². The Labute approximate surface area is 146 Å². The third-order valence-electron chi connectivity index (χ3n) is 3.91. The van der Waals surface area contributed by atoms with Crippen molar-refractivity contribution in [3.05, 3.63) is 68.0 Å². The summed E-state index contributed by atoms with van der Waals surface area (Å²) in [6.45, 7) is 7.94. The first-order valence-corrected chi connectivity index (χ1v) is 7.91. The summed E-state index contributed by atoms with van der Waals surface area (Å²) in [6, 6.07) is 5.33. The number of nitrogens with zero attached hydrogens (tertiary/aromatic N) is 2. The van der Waals surface area contributed by atoms with E-state index in [1.54, 1.807) is 13.0 Å². The molecule has 0 saturated heterocycles. The average molecular weight is 340 g/mol. The van der Waals surface area contributed by atoms with Crippen LogP contribution in [0.2, 0.25) is 0 Å². The molecule has 0 N–H and O–H groups in total. The van der Waals surface area contributed by atoms with Crippen LogP contribution in [0, 0.1) is 30.9 Å². The molecule has 0 atom stereocenters. The Morgan fingerprint density at radius 2 is 1.84 bits per heavy atom. The standard InChI is InChI=1S/C19H20N2O4/c1-5-25-19(22)17-10-16(21(23)24)11-20-18(17)7-6-15-9-13(3)12(2)8-14(15)4/h6-11H,5H2,1-4H3/b7-6+. The summed E-state index contributed by atoms with van der Waals surface area (Å²) in [5.41, 5.74) is 4.62. The second kappa shape index (κ2) is 7.70. The second-order valence-corrected chi connectivity index (χ2v) is 5.73. The van der Waals surface area contributed by atoms with Crippen LogP contribution in [-0.4, -0.2) is 22.5 Å².